The number of anilines is 1. The lowest BCUT2D eigenvalue weighted by atomic mass is 9.85. The molecule has 3 nitrogen and oxygen atoms in total. The van der Waals surface area contributed by atoms with Crippen molar-refractivity contribution in [3.05, 3.63) is 28.2 Å². The van der Waals surface area contributed by atoms with Gasteiger partial charge in [-0.2, -0.15) is 0 Å². The van der Waals surface area contributed by atoms with Gasteiger partial charge in [-0.3, -0.25) is 4.79 Å². The van der Waals surface area contributed by atoms with Crippen LogP contribution >= 0.6 is 23.2 Å². The molecule has 0 saturated heterocycles. The third-order valence-electron chi connectivity index (χ3n) is 4.33. The van der Waals surface area contributed by atoms with Crippen molar-refractivity contribution < 1.29 is 9.53 Å². The Kier molecular flexibility index (Phi) is 7.00. The van der Waals surface area contributed by atoms with Crippen LogP contribution in [0.1, 0.15) is 44.9 Å². The van der Waals surface area contributed by atoms with E-state index in [1.165, 1.54) is 32.1 Å². The molecule has 0 radical (unpaired) electrons. The molecule has 122 valence electrons. The zero-order chi connectivity index (χ0) is 15.9. The number of rotatable bonds is 6. The van der Waals surface area contributed by atoms with E-state index in [9.17, 15) is 4.79 Å². The molecule has 0 spiro atoms. The minimum atomic E-state index is -0.420. The van der Waals surface area contributed by atoms with Crippen LogP contribution in [0.3, 0.4) is 0 Å². The number of halogens is 2. The second-order valence-electron chi connectivity index (χ2n) is 5.92. The van der Waals surface area contributed by atoms with E-state index in [4.69, 9.17) is 27.9 Å². The molecule has 1 aromatic rings. The minimum absolute atomic E-state index is 0.128. The average Bonchev–Trinajstić information content (AvgIpc) is 2.52. The van der Waals surface area contributed by atoms with Gasteiger partial charge in [-0.25, -0.2) is 0 Å². The van der Waals surface area contributed by atoms with Crippen LogP contribution in [-0.2, 0) is 9.53 Å². The van der Waals surface area contributed by atoms with Crippen LogP contribution in [0.25, 0.3) is 0 Å². The van der Waals surface area contributed by atoms with E-state index in [0.717, 1.165) is 18.8 Å². The number of methoxy groups -OCH3 is 1. The van der Waals surface area contributed by atoms with Gasteiger partial charge in [0.2, 0.25) is 0 Å². The molecule has 1 saturated carbocycles. The van der Waals surface area contributed by atoms with E-state index in [0.29, 0.717) is 15.7 Å². The lowest BCUT2D eigenvalue weighted by molar-refractivity contribution is -0.126. The third kappa shape index (κ3) is 5.15. The van der Waals surface area contributed by atoms with E-state index >= 15 is 0 Å². The Morgan fingerprint density at radius 1 is 1.27 bits per heavy atom. The lowest BCUT2D eigenvalue weighted by Crippen LogP contribution is -2.30. The molecule has 1 N–H and O–H groups in total. The molecule has 1 aliphatic rings. The number of benzene rings is 1. The molecule has 5 heteroatoms. The first-order chi connectivity index (χ1) is 10.6. The van der Waals surface area contributed by atoms with E-state index in [1.54, 1.807) is 25.3 Å². The summed E-state index contributed by atoms with van der Waals surface area (Å²) in [7, 11) is 1.58. The molecular weight excluding hydrogens is 321 g/mol. The summed E-state index contributed by atoms with van der Waals surface area (Å²) in [5.41, 5.74) is 0.638. The van der Waals surface area contributed by atoms with Crippen LogP contribution < -0.4 is 5.32 Å². The Bertz CT molecular complexity index is 501. The zero-order valence-corrected chi connectivity index (χ0v) is 14.4. The van der Waals surface area contributed by atoms with Crippen LogP contribution in [-0.4, -0.2) is 19.1 Å². The Labute approximate surface area is 142 Å². The molecule has 0 aliphatic heterocycles. The number of hydrogen-bond donors (Lipinski definition) is 1. The molecule has 1 aliphatic carbocycles. The normalized spacial score (nSPS) is 17.2. The fraction of sp³-hybridized carbons (Fsp3) is 0.588. The average molecular weight is 344 g/mol. The maximum absolute atomic E-state index is 12.3. The highest BCUT2D eigenvalue weighted by molar-refractivity contribution is 6.42. The Morgan fingerprint density at radius 3 is 2.64 bits per heavy atom. The van der Waals surface area contributed by atoms with Gasteiger partial charge in [0, 0.05) is 12.8 Å². The summed E-state index contributed by atoms with van der Waals surface area (Å²) in [4.78, 5) is 12.3. The van der Waals surface area contributed by atoms with Gasteiger partial charge in [0.1, 0.15) is 6.10 Å². The number of amides is 1. The largest absolute Gasteiger partial charge is 0.372 e. The molecule has 1 aromatic carbocycles. The van der Waals surface area contributed by atoms with Gasteiger partial charge in [0.25, 0.3) is 5.91 Å². The number of carbonyl (C=O) groups is 1. The van der Waals surface area contributed by atoms with Gasteiger partial charge in [0.05, 0.1) is 10.0 Å². The maximum Gasteiger partial charge on any atom is 0.253 e. The van der Waals surface area contributed by atoms with E-state index in [-0.39, 0.29) is 5.91 Å². The van der Waals surface area contributed by atoms with Crippen molar-refractivity contribution in [3.63, 3.8) is 0 Å². The molecule has 1 amide bonds. The monoisotopic (exact) mass is 343 g/mol. The first-order valence-electron chi connectivity index (χ1n) is 7.89. The molecular formula is C17H23Cl2NO2. The summed E-state index contributed by atoms with van der Waals surface area (Å²) in [5.74, 6) is 0.612. The molecule has 1 fully saturated rings. The van der Waals surface area contributed by atoms with E-state index in [1.807, 2.05) is 0 Å². The number of ether oxygens (including phenoxy) is 1. The van der Waals surface area contributed by atoms with Crippen molar-refractivity contribution in [1.29, 1.82) is 0 Å². The molecule has 0 aromatic heterocycles. The Hall–Kier alpha value is -0.770. The third-order valence-corrected chi connectivity index (χ3v) is 5.06. The van der Waals surface area contributed by atoms with Crippen LogP contribution in [0, 0.1) is 5.92 Å². The van der Waals surface area contributed by atoms with Crippen LogP contribution in [0.15, 0.2) is 18.2 Å². The van der Waals surface area contributed by atoms with Crippen molar-refractivity contribution >= 4 is 34.8 Å². The summed E-state index contributed by atoms with van der Waals surface area (Å²) in [6.45, 7) is 0. The van der Waals surface area contributed by atoms with Gasteiger partial charge >= 0.3 is 0 Å². The predicted molar refractivity (Wildman–Crippen MR) is 91.7 cm³/mol. The van der Waals surface area contributed by atoms with Crippen LogP contribution in [0.4, 0.5) is 5.69 Å². The Morgan fingerprint density at radius 2 is 2.00 bits per heavy atom. The summed E-state index contributed by atoms with van der Waals surface area (Å²) >= 11 is 11.8. The van der Waals surface area contributed by atoms with Crippen LogP contribution in [0.2, 0.25) is 10.0 Å². The highest BCUT2D eigenvalue weighted by Gasteiger charge is 2.21. The van der Waals surface area contributed by atoms with Gasteiger partial charge in [-0.15, -0.1) is 0 Å². The SMILES string of the molecule is COC(CCC1CCCCC1)C(=O)Nc1ccc(Cl)c(Cl)c1. The number of nitrogens with one attached hydrogen (secondary N) is 1. The minimum Gasteiger partial charge on any atom is -0.372 e. The van der Waals surface area contributed by atoms with Crippen molar-refractivity contribution in [2.75, 3.05) is 12.4 Å². The molecule has 1 unspecified atom stereocenters. The molecule has 22 heavy (non-hydrogen) atoms. The maximum atomic E-state index is 12.3. The van der Waals surface area contributed by atoms with Crippen molar-refractivity contribution in [3.8, 4) is 0 Å². The smallest absolute Gasteiger partial charge is 0.253 e. The van der Waals surface area contributed by atoms with Gasteiger partial charge in [0.15, 0.2) is 0 Å². The van der Waals surface area contributed by atoms with Crippen molar-refractivity contribution in [2.45, 2.75) is 51.0 Å². The highest BCUT2D eigenvalue weighted by Crippen LogP contribution is 2.28. The second kappa shape index (κ2) is 8.76. The fourth-order valence-electron chi connectivity index (χ4n) is 3.02. The predicted octanol–water partition coefficient (Wildman–Crippen LogP) is 5.31. The first kappa shape index (κ1) is 17.6. The topological polar surface area (TPSA) is 38.3 Å². The van der Waals surface area contributed by atoms with E-state index in [2.05, 4.69) is 5.32 Å². The van der Waals surface area contributed by atoms with Gasteiger partial charge in [-0.05, 0) is 37.0 Å². The molecule has 0 bridgehead atoms. The first-order valence-corrected chi connectivity index (χ1v) is 8.64. The molecule has 1 atom stereocenters. The van der Waals surface area contributed by atoms with E-state index < -0.39 is 6.10 Å². The molecule has 2 rings (SSSR count). The van der Waals surface area contributed by atoms with Crippen LogP contribution in [0.5, 0.6) is 0 Å². The zero-order valence-electron chi connectivity index (χ0n) is 12.9. The summed E-state index contributed by atoms with van der Waals surface area (Å²) in [6.07, 6.45) is 7.94. The molecule has 0 heterocycles. The summed E-state index contributed by atoms with van der Waals surface area (Å²) in [5, 5.41) is 3.74. The van der Waals surface area contributed by atoms with Gasteiger partial charge in [-0.1, -0.05) is 55.3 Å². The standard InChI is InChI=1S/C17H23Cl2NO2/c1-22-16(10-7-12-5-3-2-4-6-12)17(21)20-13-8-9-14(18)15(19)11-13/h8-9,11-12,16H,2-7,10H2,1H3,(H,20,21). The quantitative estimate of drug-likeness (QED) is 0.760. The van der Waals surface area contributed by atoms with Gasteiger partial charge < -0.3 is 10.1 Å². The summed E-state index contributed by atoms with van der Waals surface area (Å²) < 4.78 is 5.36. The number of hydrogen-bond acceptors (Lipinski definition) is 2. The Balaban J connectivity index is 1.86. The van der Waals surface area contributed by atoms with Crippen molar-refractivity contribution in [1.82, 2.24) is 0 Å². The fourth-order valence-corrected chi connectivity index (χ4v) is 3.31. The highest BCUT2D eigenvalue weighted by atomic mass is 35.5. The lowest BCUT2D eigenvalue weighted by Gasteiger charge is -2.23. The van der Waals surface area contributed by atoms with Crippen molar-refractivity contribution in [2.24, 2.45) is 5.92 Å². The second-order valence-corrected chi connectivity index (χ2v) is 6.74. The summed E-state index contributed by atoms with van der Waals surface area (Å²) in [6, 6.07) is 5.05. The number of carbonyl (C=O) groups excluding carboxylic acids is 1.